The first-order valence-corrected chi connectivity index (χ1v) is 6.39. The van der Waals surface area contributed by atoms with Crippen molar-refractivity contribution in [1.82, 2.24) is 4.98 Å². The fourth-order valence-electron chi connectivity index (χ4n) is 1.85. The lowest BCUT2D eigenvalue weighted by atomic mass is 10.0. The number of rotatable bonds is 4. The van der Waals surface area contributed by atoms with Crippen LogP contribution in [0.2, 0.25) is 5.02 Å². The molecular formula is C13H12ClN5O3. The highest BCUT2D eigenvalue weighted by molar-refractivity contribution is 6.35. The van der Waals surface area contributed by atoms with Gasteiger partial charge in [-0.05, 0) is 6.07 Å². The fourth-order valence-corrected chi connectivity index (χ4v) is 2.06. The molecule has 0 spiro atoms. The van der Waals surface area contributed by atoms with E-state index < -0.39 is 17.8 Å². The summed E-state index contributed by atoms with van der Waals surface area (Å²) in [6.07, 6.45) is 1.37. The van der Waals surface area contributed by atoms with E-state index in [0.29, 0.717) is 15.8 Å². The van der Waals surface area contributed by atoms with Crippen molar-refractivity contribution in [2.45, 2.75) is 6.04 Å². The van der Waals surface area contributed by atoms with Crippen molar-refractivity contribution in [2.24, 2.45) is 22.2 Å². The summed E-state index contributed by atoms with van der Waals surface area (Å²) in [5, 5.41) is 10.1. The third-order valence-corrected chi connectivity index (χ3v) is 3.19. The number of halogens is 1. The van der Waals surface area contributed by atoms with Crippen LogP contribution >= 0.6 is 11.6 Å². The van der Waals surface area contributed by atoms with Crippen molar-refractivity contribution in [1.29, 1.82) is 0 Å². The summed E-state index contributed by atoms with van der Waals surface area (Å²) in [5.74, 6) is -2.21. The van der Waals surface area contributed by atoms with Crippen molar-refractivity contribution in [2.75, 3.05) is 0 Å². The zero-order valence-electron chi connectivity index (χ0n) is 11.2. The minimum atomic E-state index is -1.66. The highest BCUT2D eigenvalue weighted by Crippen LogP contribution is 2.30. The van der Waals surface area contributed by atoms with Crippen molar-refractivity contribution in [3.8, 4) is 0 Å². The van der Waals surface area contributed by atoms with E-state index in [4.69, 9.17) is 33.9 Å². The number of Topliss-reactive ketones (excluding diaryl/α,β-unsaturated/α-hetero) is 1. The van der Waals surface area contributed by atoms with Gasteiger partial charge < -0.3 is 22.3 Å². The zero-order valence-corrected chi connectivity index (χ0v) is 11.9. The van der Waals surface area contributed by atoms with E-state index in [1.807, 2.05) is 0 Å². The van der Waals surface area contributed by atoms with Gasteiger partial charge in [0, 0.05) is 22.5 Å². The number of hydrogen-bond donors (Lipinski definition) is 4. The summed E-state index contributed by atoms with van der Waals surface area (Å²) in [5.41, 5.74) is 16.1. The van der Waals surface area contributed by atoms with Crippen LogP contribution < -0.4 is 17.2 Å². The van der Waals surface area contributed by atoms with E-state index in [-0.39, 0.29) is 17.3 Å². The summed E-state index contributed by atoms with van der Waals surface area (Å²) in [6.45, 7) is 0. The van der Waals surface area contributed by atoms with Crippen molar-refractivity contribution < 1.29 is 14.7 Å². The number of aromatic nitrogens is 1. The first kappa shape index (κ1) is 15.7. The second-order valence-electron chi connectivity index (χ2n) is 4.41. The van der Waals surface area contributed by atoms with Gasteiger partial charge in [0.05, 0.1) is 5.02 Å². The molecule has 0 aliphatic rings. The molecule has 0 amide bonds. The summed E-state index contributed by atoms with van der Waals surface area (Å²) < 4.78 is 0. The lowest BCUT2D eigenvalue weighted by molar-refractivity contribution is -0.137. The van der Waals surface area contributed by atoms with Crippen molar-refractivity contribution in [3.63, 3.8) is 0 Å². The van der Waals surface area contributed by atoms with Crippen LogP contribution in [0.1, 0.15) is 10.4 Å². The average molecular weight is 322 g/mol. The number of carboxylic acids is 1. The standard InChI is InChI=1S/C13H12ClN5O3/c14-8-4-18-11(19-13(16)17)7-3-5(1-2-6(7)8)10(20)9(15)12(21)22/h1-4,9H,15H2,(H,21,22)(H4,16,17,18,19). The van der Waals surface area contributed by atoms with Crippen LogP contribution in [0.4, 0.5) is 5.82 Å². The highest BCUT2D eigenvalue weighted by Gasteiger charge is 2.23. The molecule has 0 saturated carbocycles. The molecule has 9 heteroatoms. The molecule has 0 bridgehead atoms. The van der Waals surface area contributed by atoms with Gasteiger partial charge in [-0.3, -0.25) is 9.59 Å². The van der Waals surface area contributed by atoms with Gasteiger partial charge in [-0.2, -0.15) is 4.99 Å². The predicted octanol–water partition coefficient (Wildman–Crippen LogP) is 0.388. The van der Waals surface area contributed by atoms with E-state index in [9.17, 15) is 9.59 Å². The Labute approximate surface area is 129 Å². The molecule has 7 N–H and O–H groups in total. The molecule has 0 fully saturated rings. The molecule has 0 aliphatic heterocycles. The first-order valence-electron chi connectivity index (χ1n) is 6.01. The Hall–Kier alpha value is -2.71. The molecule has 0 radical (unpaired) electrons. The van der Waals surface area contributed by atoms with Crippen LogP contribution in [0.25, 0.3) is 10.8 Å². The Morgan fingerprint density at radius 2 is 1.95 bits per heavy atom. The number of aliphatic imine (C=N–C) groups is 1. The lowest BCUT2D eigenvalue weighted by Crippen LogP contribution is -2.38. The van der Waals surface area contributed by atoms with Gasteiger partial charge >= 0.3 is 5.97 Å². The molecule has 8 nitrogen and oxygen atoms in total. The van der Waals surface area contributed by atoms with Gasteiger partial charge in [0.25, 0.3) is 0 Å². The molecule has 1 heterocycles. The number of carbonyl (C=O) groups excluding carboxylic acids is 1. The van der Waals surface area contributed by atoms with Crippen molar-refractivity contribution in [3.05, 3.63) is 35.0 Å². The second kappa shape index (κ2) is 5.96. The molecule has 114 valence electrons. The number of hydrogen-bond acceptors (Lipinski definition) is 5. The van der Waals surface area contributed by atoms with E-state index in [0.717, 1.165) is 0 Å². The number of fused-ring (bicyclic) bond motifs is 1. The van der Waals surface area contributed by atoms with Gasteiger partial charge in [-0.15, -0.1) is 0 Å². The Kier molecular flexibility index (Phi) is 4.25. The molecule has 1 atom stereocenters. The first-order chi connectivity index (χ1) is 10.3. The summed E-state index contributed by atoms with van der Waals surface area (Å²) in [7, 11) is 0. The number of carbonyl (C=O) groups is 2. The van der Waals surface area contributed by atoms with Gasteiger partial charge in [0.15, 0.2) is 23.6 Å². The Morgan fingerprint density at radius 1 is 1.27 bits per heavy atom. The molecule has 0 aliphatic carbocycles. The number of nitrogens with two attached hydrogens (primary N) is 3. The maximum atomic E-state index is 12.0. The largest absolute Gasteiger partial charge is 0.480 e. The number of benzene rings is 1. The molecular weight excluding hydrogens is 310 g/mol. The Morgan fingerprint density at radius 3 is 2.55 bits per heavy atom. The van der Waals surface area contributed by atoms with Gasteiger partial charge in [-0.1, -0.05) is 23.7 Å². The van der Waals surface area contributed by atoms with Crippen LogP contribution in [-0.4, -0.2) is 33.8 Å². The van der Waals surface area contributed by atoms with Gasteiger partial charge in [0.1, 0.15) is 0 Å². The van der Waals surface area contributed by atoms with Gasteiger partial charge in [-0.25, -0.2) is 4.98 Å². The highest BCUT2D eigenvalue weighted by atomic mass is 35.5. The summed E-state index contributed by atoms with van der Waals surface area (Å²) in [4.78, 5) is 30.7. The third kappa shape index (κ3) is 2.97. The molecule has 2 rings (SSSR count). The normalized spacial score (nSPS) is 11.9. The van der Waals surface area contributed by atoms with Crippen LogP contribution in [0.15, 0.2) is 29.4 Å². The second-order valence-corrected chi connectivity index (χ2v) is 4.81. The molecule has 22 heavy (non-hydrogen) atoms. The van der Waals surface area contributed by atoms with E-state index in [1.165, 1.54) is 18.3 Å². The van der Waals surface area contributed by atoms with Crippen LogP contribution in [-0.2, 0) is 4.79 Å². The SMILES string of the molecule is NC(N)=Nc1ncc(Cl)c2ccc(C(=O)C(N)C(=O)O)cc12. The molecule has 2 aromatic rings. The van der Waals surface area contributed by atoms with E-state index >= 15 is 0 Å². The van der Waals surface area contributed by atoms with E-state index in [2.05, 4.69) is 9.98 Å². The predicted molar refractivity (Wildman–Crippen MR) is 82.2 cm³/mol. The van der Waals surface area contributed by atoms with E-state index in [1.54, 1.807) is 6.07 Å². The minimum Gasteiger partial charge on any atom is -0.480 e. The summed E-state index contributed by atoms with van der Waals surface area (Å²) >= 11 is 6.03. The minimum absolute atomic E-state index is 0.0958. The number of aliphatic carboxylic acids is 1. The molecule has 0 saturated heterocycles. The Balaban J connectivity index is 2.64. The fraction of sp³-hybridized carbons (Fsp3) is 0.0769. The topological polar surface area (TPSA) is 158 Å². The van der Waals surface area contributed by atoms with Crippen LogP contribution in [0, 0.1) is 0 Å². The lowest BCUT2D eigenvalue weighted by Gasteiger charge is -2.08. The number of pyridine rings is 1. The number of ketones is 1. The number of nitrogens with zero attached hydrogens (tertiary/aromatic N) is 2. The summed E-state index contributed by atoms with van der Waals surface area (Å²) in [6, 6.07) is 2.73. The number of carboxylic acid groups (broad SMARTS) is 1. The number of guanidine groups is 1. The van der Waals surface area contributed by atoms with Crippen molar-refractivity contribution >= 4 is 45.9 Å². The quantitative estimate of drug-likeness (QED) is 0.274. The molecule has 1 aromatic heterocycles. The van der Waals surface area contributed by atoms with Gasteiger partial charge in [0.2, 0.25) is 0 Å². The molecule has 1 aromatic carbocycles. The zero-order chi connectivity index (χ0) is 16.4. The maximum absolute atomic E-state index is 12.0. The average Bonchev–Trinajstić information content (AvgIpc) is 2.47. The smallest absolute Gasteiger partial charge is 0.328 e. The van der Waals surface area contributed by atoms with Crippen LogP contribution in [0.3, 0.4) is 0 Å². The van der Waals surface area contributed by atoms with Crippen LogP contribution in [0.5, 0.6) is 0 Å². The third-order valence-electron chi connectivity index (χ3n) is 2.89. The maximum Gasteiger partial charge on any atom is 0.328 e. The Bertz CT molecular complexity index is 802. The molecule has 1 unspecified atom stereocenters. The monoisotopic (exact) mass is 321 g/mol.